The fourth-order valence-corrected chi connectivity index (χ4v) is 2.69. The van der Waals surface area contributed by atoms with Crippen molar-refractivity contribution in [1.29, 1.82) is 0 Å². The molecular weight excluding hydrogens is 388 g/mol. The molecule has 0 heterocycles. The number of hydrogen-bond acceptors (Lipinski definition) is 3. The second-order valence-electron chi connectivity index (χ2n) is 5.70. The van der Waals surface area contributed by atoms with Gasteiger partial charge in [-0.15, -0.1) is 5.10 Å². The lowest BCUT2D eigenvalue weighted by Gasteiger charge is -2.05. The Kier molecular flexibility index (Phi) is 5.87. The van der Waals surface area contributed by atoms with Gasteiger partial charge in [-0.05, 0) is 24.6 Å². The maximum atomic E-state index is 12.9. The highest BCUT2D eigenvalue weighted by atomic mass is 79.9. The van der Waals surface area contributed by atoms with Crippen LogP contribution in [0.1, 0.15) is 28.4 Å². The van der Waals surface area contributed by atoms with Crippen LogP contribution in [0.15, 0.2) is 99.6 Å². The van der Waals surface area contributed by atoms with Crippen molar-refractivity contribution in [2.45, 2.75) is 6.92 Å². The minimum atomic E-state index is -0.149. The summed E-state index contributed by atoms with van der Waals surface area (Å²) in [5.74, 6) is -0.149. The summed E-state index contributed by atoms with van der Waals surface area (Å²) < 4.78 is 1.00. The van der Waals surface area contributed by atoms with Crippen molar-refractivity contribution in [3.63, 3.8) is 0 Å². The maximum absolute atomic E-state index is 12.9. The minimum Gasteiger partial charge on any atom is -0.287 e. The fraction of sp³-hybridized carbons (Fsp3) is 0.0455. The molecule has 0 saturated carbocycles. The Morgan fingerprint density at radius 2 is 1.23 bits per heavy atom. The number of rotatable bonds is 5. The molecule has 3 aromatic carbocycles. The van der Waals surface area contributed by atoms with Gasteiger partial charge >= 0.3 is 0 Å². The molecule has 0 aliphatic rings. The Bertz CT molecular complexity index is 946. The van der Waals surface area contributed by atoms with Gasteiger partial charge < -0.3 is 0 Å². The van der Waals surface area contributed by atoms with Crippen LogP contribution in [0.4, 0.5) is 0 Å². The smallest absolute Gasteiger partial charge is 0.213 e. The van der Waals surface area contributed by atoms with Gasteiger partial charge in [0, 0.05) is 15.6 Å². The Balaban J connectivity index is 2.00. The summed E-state index contributed by atoms with van der Waals surface area (Å²) in [5.41, 5.74) is 3.36. The van der Waals surface area contributed by atoms with Gasteiger partial charge in [0.05, 0.1) is 5.71 Å². The minimum absolute atomic E-state index is 0.149. The molecular formula is C22H17BrN2O. The highest BCUT2D eigenvalue weighted by molar-refractivity contribution is 9.10. The lowest BCUT2D eigenvalue weighted by atomic mass is 10.0. The highest BCUT2D eigenvalue weighted by Gasteiger charge is 2.16. The van der Waals surface area contributed by atoms with Crippen molar-refractivity contribution in [3.05, 3.63) is 106 Å². The maximum Gasteiger partial charge on any atom is 0.213 e. The predicted molar refractivity (Wildman–Crippen MR) is 110 cm³/mol. The normalized spacial score (nSPS) is 12.1. The van der Waals surface area contributed by atoms with Crippen LogP contribution in [0.2, 0.25) is 0 Å². The topological polar surface area (TPSA) is 41.8 Å². The van der Waals surface area contributed by atoms with Gasteiger partial charge in [0.15, 0.2) is 0 Å². The Morgan fingerprint density at radius 1 is 0.692 bits per heavy atom. The Hall–Kier alpha value is -2.85. The zero-order valence-electron chi connectivity index (χ0n) is 14.3. The van der Waals surface area contributed by atoms with Gasteiger partial charge in [-0.25, -0.2) is 0 Å². The molecule has 0 amide bonds. The number of nitrogens with zero attached hydrogens (tertiary/aromatic N) is 2. The molecule has 0 atom stereocenters. The number of ketones is 1. The molecule has 0 bridgehead atoms. The lowest BCUT2D eigenvalue weighted by molar-refractivity contribution is 0.106. The van der Waals surface area contributed by atoms with Crippen molar-refractivity contribution in [2.24, 2.45) is 10.2 Å². The molecule has 4 heteroatoms. The average molecular weight is 405 g/mol. The van der Waals surface area contributed by atoms with Crippen LogP contribution in [-0.4, -0.2) is 17.2 Å². The third-order valence-corrected chi connectivity index (χ3v) is 4.39. The molecule has 3 nitrogen and oxygen atoms in total. The van der Waals surface area contributed by atoms with E-state index < -0.39 is 0 Å². The van der Waals surface area contributed by atoms with Crippen LogP contribution in [0.5, 0.6) is 0 Å². The standard InChI is InChI=1S/C22H17BrN2O/c1-16(17-12-14-20(23)15-13-17)24-25-21(18-8-4-2-5-9-18)22(26)19-10-6-3-7-11-19/h2-15H,1H3. The third-order valence-electron chi connectivity index (χ3n) is 3.86. The molecule has 0 aliphatic heterocycles. The van der Waals surface area contributed by atoms with Gasteiger partial charge in [0.25, 0.3) is 0 Å². The second kappa shape index (κ2) is 8.50. The van der Waals surface area contributed by atoms with E-state index in [1.807, 2.05) is 79.7 Å². The summed E-state index contributed by atoms with van der Waals surface area (Å²) in [6.07, 6.45) is 0. The molecule has 0 aromatic heterocycles. The lowest BCUT2D eigenvalue weighted by Crippen LogP contribution is -2.15. The average Bonchev–Trinajstić information content (AvgIpc) is 2.70. The molecule has 3 aromatic rings. The van der Waals surface area contributed by atoms with Gasteiger partial charge in [-0.2, -0.15) is 5.10 Å². The van der Waals surface area contributed by atoms with E-state index in [-0.39, 0.29) is 5.78 Å². The predicted octanol–water partition coefficient (Wildman–Crippen LogP) is 5.55. The van der Waals surface area contributed by atoms with Gasteiger partial charge in [-0.1, -0.05) is 88.7 Å². The van der Waals surface area contributed by atoms with Crippen LogP contribution in [0.3, 0.4) is 0 Å². The van der Waals surface area contributed by atoms with E-state index in [0.29, 0.717) is 11.3 Å². The molecule has 0 unspecified atom stereocenters. The quantitative estimate of drug-likeness (QED) is 0.312. The molecule has 128 valence electrons. The number of halogens is 1. The van der Waals surface area contributed by atoms with Gasteiger partial charge in [0.2, 0.25) is 5.78 Å². The third kappa shape index (κ3) is 4.41. The molecule has 0 spiro atoms. The molecule has 0 fully saturated rings. The van der Waals surface area contributed by atoms with E-state index in [9.17, 15) is 4.79 Å². The number of hydrogen-bond donors (Lipinski definition) is 0. The van der Waals surface area contributed by atoms with Crippen LogP contribution < -0.4 is 0 Å². The molecule has 0 aliphatic carbocycles. The first kappa shape index (κ1) is 18.0. The fourth-order valence-electron chi connectivity index (χ4n) is 2.43. The SMILES string of the molecule is CC(=NN=C(C(=O)c1ccccc1)c1ccccc1)c1ccc(Br)cc1. The Labute approximate surface area is 161 Å². The second-order valence-corrected chi connectivity index (χ2v) is 6.62. The zero-order chi connectivity index (χ0) is 18.4. The van der Waals surface area contributed by atoms with E-state index in [1.54, 1.807) is 12.1 Å². The monoisotopic (exact) mass is 404 g/mol. The number of Topliss-reactive ketones (excluding diaryl/α,β-unsaturated/α-hetero) is 1. The van der Waals surface area contributed by atoms with Crippen LogP contribution in [-0.2, 0) is 0 Å². The van der Waals surface area contributed by atoms with E-state index in [2.05, 4.69) is 26.1 Å². The van der Waals surface area contributed by atoms with Crippen molar-refractivity contribution in [2.75, 3.05) is 0 Å². The number of carbonyl (C=O) groups excluding carboxylic acids is 1. The zero-order valence-corrected chi connectivity index (χ0v) is 15.8. The van der Waals surface area contributed by atoms with Gasteiger partial charge in [-0.3, -0.25) is 4.79 Å². The molecule has 3 rings (SSSR count). The van der Waals surface area contributed by atoms with Crippen molar-refractivity contribution >= 4 is 33.1 Å². The van der Waals surface area contributed by atoms with E-state index in [0.717, 1.165) is 21.3 Å². The van der Waals surface area contributed by atoms with E-state index >= 15 is 0 Å². The van der Waals surface area contributed by atoms with Crippen molar-refractivity contribution in [1.82, 2.24) is 0 Å². The summed E-state index contributed by atoms with van der Waals surface area (Å²) in [5, 5.41) is 8.63. The summed E-state index contributed by atoms with van der Waals surface area (Å²) >= 11 is 3.42. The molecule has 0 N–H and O–H groups in total. The molecule has 0 saturated heterocycles. The van der Waals surface area contributed by atoms with Crippen LogP contribution >= 0.6 is 15.9 Å². The Morgan fingerprint density at radius 3 is 1.81 bits per heavy atom. The van der Waals surface area contributed by atoms with Gasteiger partial charge in [0.1, 0.15) is 5.71 Å². The summed E-state index contributed by atoms with van der Waals surface area (Å²) in [6.45, 7) is 1.88. The first-order chi connectivity index (χ1) is 12.6. The van der Waals surface area contributed by atoms with E-state index in [1.165, 1.54) is 0 Å². The van der Waals surface area contributed by atoms with Crippen LogP contribution in [0, 0.1) is 0 Å². The van der Waals surface area contributed by atoms with Crippen molar-refractivity contribution < 1.29 is 4.79 Å². The summed E-state index contributed by atoms with van der Waals surface area (Å²) in [6, 6.07) is 26.3. The molecule has 0 radical (unpaired) electrons. The largest absolute Gasteiger partial charge is 0.287 e. The first-order valence-electron chi connectivity index (χ1n) is 8.18. The number of carbonyl (C=O) groups is 1. The van der Waals surface area contributed by atoms with Crippen LogP contribution in [0.25, 0.3) is 0 Å². The van der Waals surface area contributed by atoms with Crippen molar-refractivity contribution in [3.8, 4) is 0 Å². The highest BCUT2D eigenvalue weighted by Crippen LogP contribution is 2.13. The number of benzene rings is 3. The summed E-state index contributed by atoms with van der Waals surface area (Å²) in [7, 11) is 0. The first-order valence-corrected chi connectivity index (χ1v) is 8.98. The summed E-state index contributed by atoms with van der Waals surface area (Å²) in [4.78, 5) is 12.9. The molecule has 26 heavy (non-hydrogen) atoms. The van der Waals surface area contributed by atoms with E-state index in [4.69, 9.17) is 0 Å².